The number of anilines is 1. The molecule has 2 aromatic heterocycles. The molecule has 3 aromatic rings. The average Bonchev–Trinajstić information content (AvgIpc) is 3.20. The number of aliphatic hydroxyl groups is 2. The zero-order valence-corrected chi connectivity index (χ0v) is 25.6. The van der Waals surface area contributed by atoms with Crippen LogP contribution >= 0.6 is 11.6 Å². The minimum Gasteiger partial charge on any atom is -0.491 e. The standard InChI is InChI=1S/C25H29ClF3N5O4.C4H10/c1-12-21(20-13(2)34-38-14(20)3)32-23(33-22(12)31-15-8-24(36,9-15)25(27,28)29)18-7-17(5-6-19(18)26)37-11-16(35)10-30-4;1-4(2)3/h5-7,15-16,30,35-36H,8-11H2,1-4H3,(H,31,32,33);4H,1-3H3. The van der Waals surface area contributed by atoms with Gasteiger partial charge in [0, 0.05) is 36.6 Å². The van der Waals surface area contributed by atoms with Gasteiger partial charge in [-0.25, -0.2) is 9.97 Å². The number of hydrogen-bond acceptors (Lipinski definition) is 9. The average molecular weight is 614 g/mol. The van der Waals surface area contributed by atoms with Gasteiger partial charge in [0.25, 0.3) is 0 Å². The highest BCUT2D eigenvalue weighted by Gasteiger charge is 2.61. The maximum atomic E-state index is 13.2. The van der Waals surface area contributed by atoms with Gasteiger partial charge in [0.1, 0.15) is 30.0 Å². The minimum atomic E-state index is -4.71. The van der Waals surface area contributed by atoms with Crippen molar-refractivity contribution in [2.24, 2.45) is 5.92 Å². The number of rotatable bonds is 9. The molecule has 232 valence electrons. The van der Waals surface area contributed by atoms with Gasteiger partial charge in [-0.05, 0) is 51.9 Å². The first-order chi connectivity index (χ1) is 19.6. The zero-order chi connectivity index (χ0) is 31.4. The lowest BCUT2D eigenvalue weighted by molar-refractivity contribution is -0.288. The Hall–Kier alpha value is -2.93. The second-order valence-corrected chi connectivity index (χ2v) is 11.7. The molecule has 1 aromatic carbocycles. The van der Waals surface area contributed by atoms with Crippen LogP contribution < -0.4 is 15.4 Å². The zero-order valence-electron chi connectivity index (χ0n) is 24.9. The van der Waals surface area contributed by atoms with E-state index < -0.39 is 36.8 Å². The lowest BCUT2D eigenvalue weighted by Gasteiger charge is -2.44. The first-order valence-corrected chi connectivity index (χ1v) is 14.1. The monoisotopic (exact) mass is 613 g/mol. The predicted octanol–water partition coefficient (Wildman–Crippen LogP) is 5.87. The highest BCUT2D eigenvalue weighted by atomic mass is 35.5. The Bertz CT molecular complexity index is 1340. The fraction of sp³-hybridized carbons (Fsp3) is 0.552. The molecule has 0 radical (unpaired) electrons. The third kappa shape index (κ3) is 7.91. The lowest BCUT2D eigenvalue weighted by Crippen LogP contribution is -2.59. The Kier molecular flexibility index (Phi) is 10.9. The van der Waals surface area contributed by atoms with Crippen molar-refractivity contribution in [1.29, 1.82) is 0 Å². The van der Waals surface area contributed by atoms with E-state index in [1.807, 2.05) is 0 Å². The molecule has 0 saturated heterocycles. The molecular weight excluding hydrogens is 575 g/mol. The van der Waals surface area contributed by atoms with Gasteiger partial charge < -0.3 is 30.1 Å². The van der Waals surface area contributed by atoms with Gasteiger partial charge in [-0.3, -0.25) is 0 Å². The topological polar surface area (TPSA) is 126 Å². The van der Waals surface area contributed by atoms with Crippen LogP contribution in [0.1, 0.15) is 50.6 Å². The van der Waals surface area contributed by atoms with Crippen molar-refractivity contribution in [1.82, 2.24) is 20.4 Å². The van der Waals surface area contributed by atoms with E-state index in [-0.39, 0.29) is 12.4 Å². The number of alkyl halides is 3. The molecule has 1 unspecified atom stereocenters. The molecule has 13 heteroatoms. The van der Waals surface area contributed by atoms with Crippen LogP contribution in [-0.2, 0) is 0 Å². The molecule has 1 aliphatic carbocycles. The number of aliphatic hydroxyl groups excluding tert-OH is 1. The van der Waals surface area contributed by atoms with Gasteiger partial charge >= 0.3 is 6.18 Å². The highest BCUT2D eigenvalue weighted by Crippen LogP contribution is 2.46. The van der Waals surface area contributed by atoms with Crippen molar-refractivity contribution in [2.45, 2.75) is 78.3 Å². The Morgan fingerprint density at radius 1 is 1.17 bits per heavy atom. The van der Waals surface area contributed by atoms with E-state index in [2.05, 4.69) is 41.5 Å². The van der Waals surface area contributed by atoms with Crippen LogP contribution in [0.4, 0.5) is 19.0 Å². The van der Waals surface area contributed by atoms with Crippen LogP contribution in [0.2, 0.25) is 5.02 Å². The summed E-state index contributed by atoms with van der Waals surface area (Å²) in [5.41, 5.74) is -0.0449. The van der Waals surface area contributed by atoms with Crippen LogP contribution in [0, 0.1) is 26.7 Å². The predicted molar refractivity (Wildman–Crippen MR) is 156 cm³/mol. The summed E-state index contributed by atoms with van der Waals surface area (Å²) < 4.78 is 50.5. The van der Waals surface area contributed by atoms with Crippen molar-refractivity contribution in [3.05, 3.63) is 40.2 Å². The lowest BCUT2D eigenvalue weighted by atomic mass is 9.75. The van der Waals surface area contributed by atoms with Gasteiger partial charge in [-0.1, -0.05) is 37.5 Å². The van der Waals surface area contributed by atoms with Gasteiger partial charge in [-0.15, -0.1) is 0 Å². The molecule has 0 aliphatic heterocycles. The Balaban J connectivity index is 0.00000114. The molecule has 1 atom stereocenters. The summed E-state index contributed by atoms with van der Waals surface area (Å²) in [6.45, 7) is 12.1. The van der Waals surface area contributed by atoms with Crippen molar-refractivity contribution in [3.8, 4) is 28.4 Å². The van der Waals surface area contributed by atoms with E-state index in [1.165, 1.54) is 0 Å². The number of nitrogens with one attached hydrogen (secondary N) is 2. The van der Waals surface area contributed by atoms with Crippen molar-refractivity contribution < 1.29 is 32.6 Å². The fourth-order valence-corrected chi connectivity index (χ4v) is 4.58. The Labute approximate surface area is 248 Å². The van der Waals surface area contributed by atoms with E-state index in [9.17, 15) is 23.4 Å². The molecule has 0 amide bonds. The van der Waals surface area contributed by atoms with Gasteiger partial charge in [0.2, 0.25) is 0 Å². The molecule has 0 bridgehead atoms. The van der Waals surface area contributed by atoms with E-state index in [4.69, 9.17) is 25.8 Å². The van der Waals surface area contributed by atoms with Crippen LogP contribution in [0.3, 0.4) is 0 Å². The molecule has 1 saturated carbocycles. The summed E-state index contributed by atoms with van der Waals surface area (Å²) in [6, 6.07) is 4.23. The van der Waals surface area contributed by atoms with Gasteiger partial charge in [0.05, 0.1) is 22.0 Å². The normalized spacial score (nSPS) is 19.1. The molecule has 9 nitrogen and oxygen atoms in total. The number of aryl methyl sites for hydroxylation is 2. The van der Waals surface area contributed by atoms with Crippen LogP contribution in [0.15, 0.2) is 22.7 Å². The van der Waals surface area contributed by atoms with E-state index >= 15 is 0 Å². The summed E-state index contributed by atoms with van der Waals surface area (Å²) in [6.07, 6.45) is -6.45. The summed E-state index contributed by atoms with van der Waals surface area (Å²) in [4.78, 5) is 9.33. The minimum absolute atomic E-state index is 0.0393. The van der Waals surface area contributed by atoms with Gasteiger partial charge in [0.15, 0.2) is 11.4 Å². The van der Waals surface area contributed by atoms with E-state index in [0.717, 1.165) is 5.92 Å². The second-order valence-electron chi connectivity index (χ2n) is 11.2. The molecule has 4 rings (SSSR count). The van der Waals surface area contributed by atoms with E-state index in [1.54, 1.807) is 46.0 Å². The van der Waals surface area contributed by atoms with Gasteiger partial charge in [-0.2, -0.15) is 13.2 Å². The summed E-state index contributed by atoms with van der Waals surface area (Å²) in [7, 11) is 1.72. The number of likely N-dealkylation sites (N-methyl/N-ethyl adjacent to an activating group) is 1. The highest BCUT2D eigenvalue weighted by molar-refractivity contribution is 6.33. The number of hydrogen-bond donors (Lipinski definition) is 4. The van der Waals surface area contributed by atoms with Crippen LogP contribution in [-0.4, -0.2) is 69.5 Å². The number of benzene rings is 1. The third-order valence-corrected chi connectivity index (χ3v) is 6.84. The van der Waals surface area contributed by atoms with Crippen molar-refractivity contribution in [3.63, 3.8) is 0 Å². The molecule has 1 fully saturated rings. The Morgan fingerprint density at radius 2 is 1.81 bits per heavy atom. The number of halogens is 4. The second kappa shape index (κ2) is 13.6. The van der Waals surface area contributed by atoms with Crippen LogP contribution in [0.25, 0.3) is 22.6 Å². The molecular formula is C29H39ClF3N5O4. The summed E-state index contributed by atoms with van der Waals surface area (Å²) >= 11 is 6.50. The fourth-order valence-electron chi connectivity index (χ4n) is 4.38. The van der Waals surface area contributed by atoms with Crippen LogP contribution in [0.5, 0.6) is 5.75 Å². The molecule has 1 aliphatic rings. The SMILES string of the molecule is CC(C)C.CNCC(O)COc1ccc(Cl)c(-c2nc(NC3CC(O)(C(F)(F)F)C3)c(C)c(-c3c(C)noc3C)n2)c1. The number of aromatic nitrogens is 3. The maximum absolute atomic E-state index is 13.2. The molecule has 2 heterocycles. The quantitative estimate of drug-likeness (QED) is 0.235. The van der Waals surface area contributed by atoms with Crippen molar-refractivity contribution in [2.75, 3.05) is 25.5 Å². The molecule has 0 spiro atoms. The number of nitrogens with zero attached hydrogens (tertiary/aromatic N) is 3. The van der Waals surface area contributed by atoms with E-state index in [0.29, 0.717) is 57.0 Å². The summed E-state index contributed by atoms with van der Waals surface area (Å²) in [5, 5.41) is 30.1. The van der Waals surface area contributed by atoms with Crippen molar-refractivity contribution >= 4 is 17.4 Å². The summed E-state index contributed by atoms with van der Waals surface area (Å²) in [5.74, 6) is 2.26. The maximum Gasteiger partial charge on any atom is 0.417 e. The molecule has 4 N–H and O–H groups in total. The third-order valence-electron chi connectivity index (χ3n) is 6.51. The Morgan fingerprint density at radius 3 is 2.36 bits per heavy atom. The largest absolute Gasteiger partial charge is 0.491 e. The first-order valence-electron chi connectivity index (χ1n) is 13.7. The first kappa shape index (κ1) is 33.6. The molecule has 42 heavy (non-hydrogen) atoms. The number of ether oxygens (including phenoxy) is 1. The smallest absolute Gasteiger partial charge is 0.417 e.